The first kappa shape index (κ1) is 15.3. The molecule has 0 radical (unpaired) electrons. The van der Waals surface area contributed by atoms with Crippen LogP contribution >= 0.6 is 0 Å². The third-order valence-corrected chi connectivity index (χ3v) is 5.22. The van der Waals surface area contributed by atoms with Gasteiger partial charge in [0, 0.05) is 12.2 Å². The van der Waals surface area contributed by atoms with E-state index in [-0.39, 0.29) is 18.0 Å². The van der Waals surface area contributed by atoms with Crippen molar-refractivity contribution in [2.45, 2.75) is 44.4 Å². The monoisotopic (exact) mass is 321 g/mol. The highest BCUT2D eigenvalue weighted by Gasteiger charge is 2.42. The number of fused-ring (bicyclic) bond motifs is 1. The number of benzene rings is 1. The normalized spacial score (nSPS) is 26.9. The Labute approximate surface area is 142 Å². The van der Waals surface area contributed by atoms with Gasteiger partial charge in [-0.25, -0.2) is 0 Å². The van der Waals surface area contributed by atoms with Gasteiger partial charge in [-0.2, -0.15) is 0 Å². The van der Waals surface area contributed by atoms with E-state index in [1.54, 1.807) is 6.20 Å². The van der Waals surface area contributed by atoms with Crippen molar-refractivity contribution in [3.63, 3.8) is 0 Å². The lowest BCUT2D eigenvalue weighted by atomic mass is 9.81. The molecular formula is C20H23N3O. The molecule has 0 spiro atoms. The summed E-state index contributed by atoms with van der Waals surface area (Å²) in [6, 6.07) is 16.5. The van der Waals surface area contributed by atoms with E-state index in [4.69, 9.17) is 0 Å². The predicted molar refractivity (Wildman–Crippen MR) is 92.9 cm³/mol. The molecule has 1 N–H and O–H groups in total. The third-order valence-electron chi connectivity index (χ3n) is 5.22. The van der Waals surface area contributed by atoms with Crippen LogP contribution in [0.3, 0.4) is 0 Å². The maximum Gasteiger partial charge on any atom is 0.229 e. The zero-order chi connectivity index (χ0) is 16.4. The van der Waals surface area contributed by atoms with Gasteiger partial charge in [-0.05, 0) is 30.5 Å². The zero-order valence-electron chi connectivity index (χ0n) is 13.8. The first-order valence-corrected chi connectivity index (χ1v) is 8.84. The van der Waals surface area contributed by atoms with Crippen molar-refractivity contribution in [3.05, 3.63) is 66.0 Å². The Morgan fingerprint density at radius 3 is 2.62 bits per heavy atom. The van der Waals surface area contributed by atoms with Crippen molar-refractivity contribution >= 4 is 5.91 Å². The molecule has 1 aromatic carbocycles. The van der Waals surface area contributed by atoms with Crippen molar-refractivity contribution in [2.24, 2.45) is 5.92 Å². The summed E-state index contributed by atoms with van der Waals surface area (Å²) in [6.45, 7) is 0.551. The number of aromatic nitrogens is 1. The molecule has 1 amide bonds. The molecule has 1 aliphatic heterocycles. The van der Waals surface area contributed by atoms with Crippen molar-refractivity contribution in [3.8, 4) is 0 Å². The Morgan fingerprint density at radius 1 is 1.04 bits per heavy atom. The SMILES string of the molecule is O=C1C2CCCCC2NC(c2ccccc2)N1Cc1ccccn1. The van der Waals surface area contributed by atoms with Crippen LogP contribution in [0, 0.1) is 5.92 Å². The average Bonchev–Trinajstić information content (AvgIpc) is 2.65. The van der Waals surface area contributed by atoms with Gasteiger partial charge in [0.05, 0.1) is 18.2 Å². The summed E-state index contributed by atoms with van der Waals surface area (Å²) in [7, 11) is 0. The molecule has 24 heavy (non-hydrogen) atoms. The lowest BCUT2D eigenvalue weighted by molar-refractivity contribution is -0.147. The summed E-state index contributed by atoms with van der Waals surface area (Å²) in [6.07, 6.45) is 6.18. The summed E-state index contributed by atoms with van der Waals surface area (Å²) in [4.78, 5) is 19.6. The fourth-order valence-corrected chi connectivity index (χ4v) is 4.01. The highest BCUT2D eigenvalue weighted by molar-refractivity contribution is 5.81. The highest BCUT2D eigenvalue weighted by atomic mass is 16.2. The molecule has 2 aromatic rings. The lowest BCUT2D eigenvalue weighted by Crippen LogP contribution is -2.59. The molecule has 3 atom stereocenters. The van der Waals surface area contributed by atoms with E-state index < -0.39 is 0 Å². The molecule has 3 unspecified atom stereocenters. The van der Waals surface area contributed by atoms with Crippen LogP contribution in [0.5, 0.6) is 0 Å². The van der Waals surface area contributed by atoms with Gasteiger partial charge in [0.25, 0.3) is 0 Å². The number of carbonyl (C=O) groups excluding carboxylic acids is 1. The standard InChI is InChI=1S/C20H23N3O/c24-20-17-11-4-5-12-18(17)22-19(15-8-2-1-3-9-15)23(20)14-16-10-6-7-13-21-16/h1-3,6-10,13,17-19,22H,4-5,11-12,14H2. The van der Waals surface area contributed by atoms with Crippen LogP contribution in [-0.2, 0) is 11.3 Å². The van der Waals surface area contributed by atoms with Gasteiger partial charge in [-0.1, -0.05) is 49.2 Å². The summed E-state index contributed by atoms with van der Waals surface area (Å²) in [5.41, 5.74) is 2.08. The molecule has 4 rings (SSSR count). The number of rotatable bonds is 3. The highest BCUT2D eigenvalue weighted by Crippen LogP contribution is 2.35. The van der Waals surface area contributed by atoms with E-state index in [1.807, 2.05) is 41.3 Å². The van der Waals surface area contributed by atoms with Crippen LogP contribution in [0.4, 0.5) is 0 Å². The third kappa shape index (κ3) is 2.94. The Bertz CT molecular complexity index is 689. The molecule has 2 aliphatic rings. The van der Waals surface area contributed by atoms with E-state index in [2.05, 4.69) is 22.4 Å². The van der Waals surface area contributed by atoms with Crippen LogP contribution in [0.1, 0.15) is 43.1 Å². The molecule has 2 heterocycles. The maximum absolute atomic E-state index is 13.2. The molecule has 1 aromatic heterocycles. The molecule has 4 nitrogen and oxygen atoms in total. The van der Waals surface area contributed by atoms with Gasteiger partial charge in [0.2, 0.25) is 5.91 Å². The minimum atomic E-state index is -0.0694. The van der Waals surface area contributed by atoms with Crippen molar-refractivity contribution in [2.75, 3.05) is 0 Å². The van der Waals surface area contributed by atoms with Gasteiger partial charge >= 0.3 is 0 Å². The molecule has 4 heteroatoms. The number of hydrogen-bond donors (Lipinski definition) is 1. The van der Waals surface area contributed by atoms with Gasteiger partial charge in [0.15, 0.2) is 0 Å². The van der Waals surface area contributed by atoms with E-state index >= 15 is 0 Å². The van der Waals surface area contributed by atoms with Crippen molar-refractivity contribution < 1.29 is 4.79 Å². The van der Waals surface area contributed by atoms with E-state index in [0.717, 1.165) is 30.5 Å². The number of amides is 1. The van der Waals surface area contributed by atoms with Gasteiger partial charge in [-0.3, -0.25) is 15.1 Å². The second-order valence-electron chi connectivity index (χ2n) is 6.76. The molecular weight excluding hydrogens is 298 g/mol. The Kier molecular flexibility index (Phi) is 4.30. The fourth-order valence-electron chi connectivity index (χ4n) is 4.01. The van der Waals surface area contributed by atoms with Crippen molar-refractivity contribution in [1.82, 2.24) is 15.2 Å². The summed E-state index contributed by atoms with van der Waals surface area (Å²) < 4.78 is 0. The van der Waals surface area contributed by atoms with Gasteiger partial charge in [0.1, 0.15) is 6.17 Å². The summed E-state index contributed by atoms with van der Waals surface area (Å²) >= 11 is 0. The summed E-state index contributed by atoms with van der Waals surface area (Å²) in [5, 5.41) is 3.75. The zero-order valence-corrected chi connectivity index (χ0v) is 13.8. The fraction of sp³-hybridized carbons (Fsp3) is 0.400. The number of nitrogens with one attached hydrogen (secondary N) is 1. The topological polar surface area (TPSA) is 45.2 Å². The predicted octanol–water partition coefficient (Wildman–Crippen LogP) is 3.27. The second kappa shape index (κ2) is 6.73. The molecule has 1 saturated heterocycles. The van der Waals surface area contributed by atoms with E-state index in [1.165, 1.54) is 6.42 Å². The number of nitrogens with zero attached hydrogens (tertiary/aromatic N) is 2. The number of hydrogen-bond acceptors (Lipinski definition) is 3. The molecule has 2 fully saturated rings. The first-order valence-electron chi connectivity index (χ1n) is 8.84. The second-order valence-corrected chi connectivity index (χ2v) is 6.76. The molecule has 1 saturated carbocycles. The average molecular weight is 321 g/mol. The van der Waals surface area contributed by atoms with Crippen LogP contribution in [0.15, 0.2) is 54.7 Å². The minimum absolute atomic E-state index is 0.0694. The molecule has 124 valence electrons. The minimum Gasteiger partial charge on any atom is -0.317 e. The quantitative estimate of drug-likeness (QED) is 0.944. The van der Waals surface area contributed by atoms with E-state index in [0.29, 0.717) is 12.6 Å². The maximum atomic E-state index is 13.2. The van der Waals surface area contributed by atoms with Gasteiger partial charge < -0.3 is 4.90 Å². The summed E-state index contributed by atoms with van der Waals surface area (Å²) in [5.74, 6) is 0.389. The molecule has 0 bridgehead atoms. The number of carbonyl (C=O) groups is 1. The van der Waals surface area contributed by atoms with Gasteiger partial charge in [-0.15, -0.1) is 0 Å². The van der Waals surface area contributed by atoms with Crippen molar-refractivity contribution in [1.29, 1.82) is 0 Å². The van der Waals surface area contributed by atoms with Crippen LogP contribution in [0.25, 0.3) is 0 Å². The number of pyridine rings is 1. The molecule has 1 aliphatic carbocycles. The Balaban J connectivity index is 1.66. The van der Waals surface area contributed by atoms with Crippen LogP contribution in [-0.4, -0.2) is 21.8 Å². The van der Waals surface area contributed by atoms with Crippen LogP contribution in [0.2, 0.25) is 0 Å². The smallest absolute Gasteiger partial charge is 0.229 e. The largest absolute Gasteiger partial charge is 0.317 e. The lowest BCUT2D eigenvalue weighted by Gasteiger charge is -2.46. The van der Waals surface area contributed by atoms with Crippen LogP contribution < -0.4 is 5.32 Å². The van der Waals surface area contributed by atoms with E-state index in [9.17, 15) is 4.79 Å². The Hall–Kier alpha value is -2.20. The first-order chi connectivity index (χ1) is 11.8. The Morgan fingerprint density at radius 2 is 1.83 bits per heavy atom.